The van der Waals surface area contributed by atoms with Crippen molar-refractivity contribution in [2.75, 3.05) is 7.11 Å². The Kier molecular flexibility index (Phi) is 4.03. The molecule has 2 aromatic carbocycles. The molecular weight excluding hydrogens is 270 g/mol. The highest BCUT2D eigenvalue weighted by Crippen LogP contribution is 2.33. The second kappa shape index (κ2) is 5.75. The number of esters is 1. The number of ether oxygens (including phenoxy) is 1. The highest BCUT2D eigenvalue weighted by molar-refractivity contribution is 5.92. The van der Waals surface area contributed by atoms with Crippen LogP contribution in [0.25, 0.3) is 11.1 Å². The van der Waals surface area contributed by atoms with Crippen LogP contribution in [0.4, 0.5) is 5.69 Å². The van der Waals surface area contributed by atoms with Crippen LogP contribution in [-0.2, 0) is 4.74 Å². The number of nitro groups is 1. The van der Waals surface area contributed by atoms with E-state index in [4.69, 9.17) is 0 Å². The molecule has 0 saturated carbocycles. The third-order valence-electron chi connectivity index (χ3n) is 3.29. The van der Waals surface area contributed by atoms with E-state index in [-0.39, 0.29) is 11.3 Å². The SMILES string of the molecule is COC(=O)c1ccc(-c2ccc(C)cc2C)c([N+](=O)[O-])c1. The minimum Gasteiger partial charge on any atom is -0.465 e. The van der Waals surface area contributed by atoms with Crippen LogP contribution in [0.2, 0.25) is 0 Å². The number of nitrogens with zero attached hydrogens (tertiary/aromatic N) is 1. The van der Waals surface area contributed by atoms with Crippen LogP contribution in [-0.4, -0.2) is 18.0 Å². The van der Waals surface area contributed by atoms with E-state index in [1.165, 1.54) is 19.2 Å². The maximum atomic E-state index is 11.5. The zero-order valence-corrected chi connectivity index (χ0v) is 12.0. The topological polar surface area (TPSA) is 69.4 Å². The Hall–Kier alpha value is -2.69. The highest BCUT2D eigenvalue weighted by Gasteiger charge is 2.20. The van der Waals surface area contributed by atoms with Crippen LogP contribution >= 0.6 is 0 Å². The first-order valence-corrected chi connectivity index (χ1v) is 6.38. The van der Waals surface area contributed by atoms with Gasteiger partial charge in [-0.05, 0) is 37.1 Å². The zero-order chi connectivity index (χ0) is 15.6. The number of hydrogen-bond donors (Lipinski definition) is 0. The normalized spacial score (nSPS) is 10.2. The van der Waals surface area contributed by atoms with Crippen molar-refractivity contribution in [3.8, 4) is 11.1 Å². The van der Waals surface area contributed by atoms with Crippen LogP contribution in [0.1, 0.15) is 21.5 Å². The zero-order valence-electron chi connectivity index (χ0n) is 12.0. The summed E-state index contributed by atoms with van der Waals surface area (Å²) in [6, 6.07) is 10.1. The molecule has 0 aromatic heterocycles. The van der Waals surface area contributed by atoms with Crippen molar-refractivity contribution in [3.63, 3.8) is 0 Å². The highest BCUT2D eigenvalue weighted by atomic mass is 16.6. The van der Waals surface area contributed by atoms with Crippen molar-refractivity contribution >= 4 is 11.7 Å². The van der Waals surface area contributed by atoms with E-state index >= 15 is 0 Å². The Morgan fingerprint density at radius 3 is 2.33 bits per heavy atom. The first-order valence-electron chi connectivity index (χ1n) is 6.38. The fraction of sp³-hybridized carbons (Fsp3) is 0.188. The molecule has 108 valence electrons. The molecule has 0 spiro atoms. The maximum absolute atomic E-state index is 11.5. The van der Waals surface area contributed by atoms with Gasteiger partial charge in [0.25, 0.3) is 5.69 Å². The summed E-state index contributed by atoms with van der Waals surface area (Å²) < 4.78 is 4.59. The maximum Gasteiger partial charge on any atom is 0.338 e. The quantitative estimate of drug-likeness (QED) is 0.490. The first-order chi connectivity index (χ1) is 9.93. The van der Waals surface area contributed by atoms with Gasteiger partial charge in [-0.25, -0.2) is 4.79 Å². The summed E-state index contributed by atoms with van der Waals surface area (Å²) in [4.78, 5) is 22.3. The van der Waals surface area contributed by atoms with E-state index in [1.807, 2.05) is 32.0 Å². The molecule has 0 heterocycles. The Bertz CT molecular complexity index is 722. The van der Waals surface area contributed by atoms with E-state index in [0.29, 0.717) is 5.56 Å². The lowest BCUT2D eigenvalue weighted by atomic mass is 9.96. The number of rotatable bonds is 3. The van der Waals surface area contributed by atoms with Crippen molar-refractivity contribution in [2.24, 2.45) is 0 Å². The molecule has 0 atom stereocenters. The van der Waals surface area contributed by atoms with Gasteiger partial charge in [-0.3, -0.25) is 10.1 Å². The molecule has 0 radical (unpaired) electrons. The van der Waals surface area contributed by atoms with Crippen LogP contribution in [0.15, 0.2) is 36.4 Å². The first kappa shape index (κ1) is 14.7. The van der Waals surface area contributed by atoms with Crippen LogP contribution in [0.5, 0.6) is 0 Å². The van der Waals surface area contributed by atoms with Gasteiger partial charge in [0.05, 0.1) is 23.2 Å². The molecule has 0 saturated heterocycles. The smallest absolute Gasteiger partial charge is 0.338 e. The molecule has 0 fully saturated rings. The Labute approximate surface area is 122 Å². The van der Waals surface area contributed by atoms with E-state index in [0.717, 1.165) is 16.7 Å². The van der Waals surface area contributed by atoms with Crippen molar-refractivity contribution in [2.45, 2.75) is 13.8 Å². The number of aryl methyl sites for hydroxylation is 2. The molecule has 5 heteroatoms. The van der Waals surface area contributed by atoms with Crippen LogP contribution in [0, 0.1) is 24.0 Å². The van der Waals surface area contributed by atoms with Crippen molar-refractivity contribution in [1.82, 2.24) is 0 Å². The average molecular weight is 285 g/mol. The fourth-order valence-electron chi connectivity index (χ4n) is 2.27. The summed E-state index contributed by atoms with van der Waals surface area (Å²) in [6.07, 6.45) is 0. The molecule has 0 aliphatic carbocycles. The van der Waals surface area contributed by atoms with Gasteiger partial charge in [0.2, 0.25) is 0 Å². The van der Waals surface area contributed by atoms with Gasteiger partial charge in [0, 0.05) is 6.07 Å². The largest absolute Gasteiger partial charge is 0.465 e. The number of carbonyl (C=O) groups excluding carboxylic acids is 1. The average Bonchev–Trinajstić information content (AvgIpc) is 2.46. The monoisotopic (exact) mass is 285 g/mol. The molecule has 5 nitrogen and oxygen atoms in total. The molecule has 0 aliphatic rings. The van der Waals surface area contributed by atoms with Gasteiger partial charge in [0.1, 0.15) is 0 Å². The van der Waals surface area contributed by atoms with Crippen LogP contribution in [0.3, 0.4) is 0 Å². The second-order valence-corrected chi connectivity index (χ2v) is 4.80. The molecule has 2 rings (SSSR count). The molecule has 0 bridgehead atoms. The molecule has 0 unspecified atom stereocenters. The standard InChI is InChI=1S/C16H15NO4/c1-10-4-6-13(11(2)8-10)14-7-5-12(16(18)21-3)9-15(14)17(19)20/h4-9H,1-3H3. The van der Waals surface area contributed by atoms with Crippen LogP contribution < -0.4 is 0 Å². The van der Waals surface area contributed by atoms with Gasteiger partial charge < -0.3 is 4.74 Å². The van der Waals surface area contributed by atoms with E-state index in [9.17, 15) is 14.9 Å². The summed E-state index contributed by atoms with van der Waals surface area (Å²) in [5.74, 6) is -0.592. The summed E-state index contributed by atoms with van der Waals surface area (Å²) in [5.41, 5.74) is 3.37. The molecule has 21 heavy (non-hydrogen) atoms. The Balaban J connectivity index is 2.63. The minimum absolute atomic E-state index is 0.107. The minimum atomic E-state index is -0.592. The lowest BCUT2D eigenvalue weighted by Gasteiger charge is -2.09. The predicted octanol–water partition coefficient (Wildman–Crippen LogP) is 3.67. The Morgan fingerprint density at radius 2 is 1.76 bits per heavy atom. The van der Waals surface area contributed by atoms with Crippen molar-refractivity contribution in [3.05, 3.63) is 63.2 Å². The molecule has 0 aliphatic heterocycles. The second-order valence-electron chi connectivity index (χ2n) is 4.80. The van der Waals surface area contributed by atoms with Gasteiger partial charge in [0.15, 0.2) is 0 Å². The Morgan fingerprint density at radius 1 is 1.10 bits per heavy atom. The molecule has 0 N–H and O–H groups in total. The lowest BCUT2D eigenvalue weighted by Crippen LogP contribution is -2.03. The number of carbonyl (C=O) groups is 1. The summed E-state index contributed by atoms with van der Waals surface area (Å²) in [6.45, 7) is 3.87. The van der Waals surface area contributed by atoms with Gasteiger partial charge in [-0.1, -0.05) is 23.8 Å². The third-order valence-corrected chi connectivity index (χ3v) is 3.29. The third kappa shape index (κ3) is 2.91. The van der Waals surface area contributed by atoms with E-state index < -0.39 is 10.9 Å². The fourth-order valence-corrected chi connectivity index (χ4v) is 2.27. The predicted molar refractivity (Wildman–Crippen MR) is 79.3 cm³/mol. The van der Waals surface area contributed by atoms with Gasteiger partial charge in [-0.15, -0.1) is 0 Å². The molecule has 2 aromatic rings. The summed E-state index contributed by atoms with van der Waals surface area (Å²) >= 11 is 0. The van der Waals surface area contributed by atoms with E-state index in [1.54, 1.807) is 6.07 Å². The lowest BCUT2D eigenvalue weighted by molar-refractivity contribution is -0.384. The number of hydrogen-bond acceptors (Lipinski definition) is 4. The number of benzene rings is 2. The summed E-state index contributed by atoms with van der Waals surface area (Å²) in [5, 5.41) is 11.3. The molecule has 0 amide bonds. The molecular formula is C16H15NO4. The van der Waals surface area contributed by atoms with E-state index in [2.05, 4.69) is 4.74 Å². The van der Waals surface area contributed by atoms with Gasteiger partial charge in [-0.2, -0.15) is 0 Å². The van der Waals surface area contributed by atoms with Crippen molar-refractivity contribution < 1.29 is 14.5 Å². The van der Waals surface area contributed by atoms with Crippen molar-refractivity contribution in [1.29, 1.82) is 0 Å². The van der Waals surface area contributed by atoms with Gasteiger partial charge >= 0.3 is 5.97 Å². The number of nitro benzene ring substituents is 1. The number of methoxy groups -OCH3 is 1. The summed E-state index contributed by atoms with van der Waals surface area (Å²) in [7, 11) is 1.24.